The highest BCUT2D eigenvalue weighted by Crippen LogP contribution is 2.28. The van der Waals surface area contributed by atoms with Crippen molar-refractivity contribution in [3.05, 3.63) is 40.4 Å². The number of aryl methyl sites for hydroxylation is 1. The Kier molecular flexibility index (Phi) is 5.30. The molecule has 0 spiro atoms. The van der Waals surface area contributed by atoms with Crippen molar-refractivity contribution in [3.8, 4) is 0 Å². The van der Waals surface area contributed by atoms with Gasteiger partial charge in [-0.1, -0.05) is 23.5 Å². The van der Waals surface area contributed by atoms with Gasteiger partial charge in [0.15, 0.2) is 5.13 Å². The summed E-state index contributed by atoms with van der Waals surface area (Å²) >= 11 is 1.42. The Morgan fingerprint density at radius 3 is 2.96 bits per heavy atom. The zero-order valence-corrected chi connectivity index (χ0v) is 15.0. The molecule has 0 atom stereocenters. The van der Waals surface area contributed by atoms with Crippen LogP contribution < -0.4 is 10.6 Å². The maximum absolute atomic E-state index is 12.3. The molecule has 2 heterocycles. The largest absolute Gasteiger partial charge is 0.453 e. The van der Waals surface area contributed by atoms with Crippen LogP contribution in [0.1, 0.15) is 16.1 Å². The van der Waals surface area contributed by atoms with Crippen molar-refractivity contribution in [2.24, 2.45) is 0 Å². The minimum atomic E-state index is -0.527. The molecule has 0 radical (unpaired) electrons. The van der Waals surface area contributed by atoms with Gasteiger partial charge in [0, 0.05) is 30.1 Å². The van der Waals surface area contributed by atoms with E-state index in [1.54, 1.807) is 0 Å². The predicted octanol–water partition coefficient (Wildman–Crippen LogP) is 2.63. The van der Waals surface area contributed by atoms with Gasteiger partial charge in [-0.05, 0) is 24.6 Å². The Morgan fingerprint density at radius 1 is 1.36 bits per heavy atom. The minimum Gasteiger partial charge on any atom is -0.453 e. The zero-order chi connectivity index (χ0) is 17.8. The van der Waals surface area contributed by atoms with E-state index in [0.29, 0.717) is 18.2 Å². The van der Waals surface area contributed by atoms with E-state index < -0.39 is 6.09 Å². The number of hydrogen-bond acceptors (Lipinski definition) is 6. The van der Waals surface area contributed by atoms with Gasteiger partial charge < -0.3 is 10.1 Å². The van der Waals surface area contributed by atoms with Gasteiger partial charge in [-0.2, -0.15) is 0 Å². The summed E-state index contributed by atoms with van der Waals surface area (Å²) in [6, 6.07) is 7.74. The molecule has 0 bridgehead atoms. The minimum absolute atomic E-state index is 0.0357. The molecule has 2 N–H and O–H groups in total. The standard InChI is InChI=1S/C17H20N4O3S/c1-11-4-3-5-12(8-11)18-15(22)10-21-7-6-13-14(9-21)25-16(19-13)20-17(23)24-2/h3-5,8H,6-7,9-10H2,1-2H3,(H,18,22)(H,19,20,23). The number of methoxy groups -OCH3 is 1. The average molecular weight is 360 g/mol. The van der Waals surface area contributed by atoms with Crippen LogP contribution in [0.15, 0.2) is 24.3 Å². The molecule has 7 nitrogen and oxygen atoms in total. The lowest BCUT2D eigenvalue weighted by atomic mass is 10.2. The molecule has 1 aliphatic rings. The molecular weight excluding hydrogens is 340 g/mol. The van der Waals surface area contributed by atoms with E-state index >= 15 is 0 Å². The topological polar surface area (TPSA) is 83.6 Å². The molecular formula is C17H20N4O3S. The number of fused-ring (bicyclic) bond motifs is 1. The highest BCUT2D eigenvalue weighted by Gasteiger charge is 2.23. The Labute approximate surface area is 150 Å². The third-order valence-corrected chi connectivity index (χ3v) is 4.87. The van der Waals surface area contributed by atoms with Gasteiger partial charge in [-0.15, -0.1) is 0 Å². The van der Waals surface area contributed by atoms with Crippen LogP contribution in [0, 0.1) is 6.92 Å². The number of hydrogen-bond donors (Lipinski definition) is 2. The number of aromatic nitrogens is 1. The van der Waals surface area contributed by atoms with Gasteiger partial charge in [0.05, 0.1) is 19.3 Å². The highest BCUT2D eigenvalue weighted by atomic mass is 32.1. The molecule has 2 aromatic rings. The van der Waals surface area contributed by atoms with Crippen molar-refractivity contribution >= 4 is 34.2 Å². The van der Waals surface area contributed by atoms with Crippen LogP contribution in [-0.2, 0) is 22.5 Å². The fourth-order valence-electron chi connectivity index (χ4n) is 2.70. The number of carbonyl (C=O) groups is 2. The summed E-state index contributed by atoms with van der Waals surface area (Å²) in [5, 5.41) is 6.05. The maximum Gasteiger partial charge on any atom is 0.413 e. The second kappa shape index (κ2) is 7.62. The molecule has 1 aromatic carbocycles. The number of amides is 2. The maximum atomic E-state index is 12.3. The Balaban J connectivity index is 1.57. The van der Waals surface area contributed by atoms with Gasteiger partial charge >= 0.3 is 6.09 Å². The van der Waals surface area contributed by atoms with Gasteiger partial charge in [0.2, 0.25) is 5.91 Å². The van der Waals surface area contributed by atoms with E-state index in [1.165, 1.54) is 18.4 Å². The first-order valence-electron chi connectivity index (χ1n) is 7.96. The lowest BCUT2D eigenvalue weighted by Crippen LogP contribution is -2.36. The number of rotatable bonds is 4. The van der Waals surface area contributed by atoms with Crippen LogP contribution in [0.3, 0.4) is 0 Å². The summed E-state index contributed by atoms with van der Waals surface area (Å²) in [7, 11) is 1.32. The van der Waals surface area contributed by atoms with Crippen molar-refractivity contribution in [1.82, 2.24) is 9.88 Å². The van der Waals surface area contributed by atoms with Crippen molar-refractivity contribution in [1.29, 1.82) is 0 Å². The molecule has 1 aliphatic heterocycles. The molecule has 1 aromatic heterocycles. The molecule has 0 aliphatic carbocycles. The lowest BCUT2D eigenvalue weighted by Gasteiger charge is -2.25. The third-order valence-electron chi connectivity index (χ3n) is 3.87. The van der Waals surface area contributed by atoms with E-state index in [0.717, 1.165) is 34.8 Å². The molecule has 0 saturated carbocycles. The first kappa shape index (κ1) is 17.4. The van der Waals surface area contributed by atoms with Crippen molar-refractivity contribution < 1.29 is 14.3 Å². The summed E-state index contributed by atoms with van der Waals surface area (Å²) in [4.78, 5) is 31.1. The number of ether oxygens (including phenoxy) is 1. The van der Waals surface area contributed by atoms with Crippen LogP contribution in [-0.4, -0.2) is 42.1 Å². The second-order valence-electron chi connectivity index (χ2n) is 5.88. The summed E-state index contributed by atoms with van der Waals surface area (Å²) in [6.07, 6.45) is 0.229. The smallest absolute Gasteiger partial charge is 0.413 e. The SMILES string of the molecule is COC(=O)Nc1nc2c(s1)CN(CC(=O)Nc1cccc(C)c1)CC2. The van der Waals surface area contributed by atoms with E-state index in [9.17, 15) is 9.59 Å². The van der Waals surface area contributed by atoms with Crippen LogP contribution in [0.2, 0.25) is 0 Å². The molecule has 0 saturated heterocycles. The second-order valence-corrected chi connectivity index (χ2v) is 6.97. The van der Waals surface area contributed by atoms with E-state index in [-0.39, 0.29) is 5.91 Å². The van der Waals surface area contributed by atoms with E-state index in [4.69, 9.17) is 0 Å². The number of thiazole rings is 1. The molecule has 8 heteroatoms. The van der Waals surface area contributed by atoms with Gasteiger partial charge in [-0.25, -0.2) is 9.78 Å². The first-order chi connectivity index (χ1) is 12.0. The molecule has 25 heavy (non-hydrogen) atoms. The van der Waals surface area contributed by atoms with Crippen LogP contribution in [0.5, 0.6) is 0 Å². The average Bonchev–Trinajstić information content (AvgIpc) is 2.96. The Morgan fingerprint density at radius 2 is 2.20 bits per heavy atom. The van der Waals surface area contributed by atoms with Gasteiger partial charge in [-0.3, -0.25) is 15.0 Å². The summed E-state index contributed by atoms with van der Waals surface area (Å²) < 4.78 is 4.58. The van der Waals surface area contributed by atoms with E-state index in [1.807, 2.05) is 31.2 Å². The summed E-state index contributed by atoms with van der Waals surface area (Å²) in [5.74, 6) is -0.0357. The highest BCUT2D eigenvalue weighted by molar-refractivity contribution is 7.15. The number of carbonyl (C=O) groups excluding carboxylic acids is 2. The fourth-order valence-corrected chi connectivity index (χ4v) is 3.74. The lowest BCUT2D eigenvalue weighted by molar-refractivity contribution is -0.117. The van der Waals surface area contributed by atoms with Gasteiger partial charge in [0.1, 0.15) is 0 Å². The fraction of sp³-hybridized carbons (Fsp3) is 0.353. The molecule has 0 fully saturated rings. The van der Waals surface area contributed by atoms with E-state index in [2.05, 4.69) is 25.3 Å². The summed E-state index contributed by atoms with van der Waals surface area (Å²) in [6.45, 7) is 3.73. The first-order valence-corrected chi connectivity index (χ1v) is 8.77. The molecule has 2 amide bonds. The van der Waals surface area contributed by atoms with Crippen molar-refractivity contribution in [2.45, 2.75) is 19.9 Å². The number of nitrogens with one attached hydrogen (secondary N) is 2. The number of nitrogens with zero attached hydrogens (tertiary/aromatic N) is 2. The Bertz CT molecular complexity index is 790. The van der Waals surface area contributed by atoms with Crippen LogP contribution in [0.25, 0.3) is 0 Å². The third kappa shape index (κ3) is 4.55. The van der Waals surface area contributed by atoms with Crippen LogP contribution >= 0.6 is 11.3 Å². The van der Waals surface area contributed by atoms with Gasteiger partial charge in [0.25, 0.3) is 0 Å². The normalized spacial score (nSPS) is 13.8. The predicted molar refractivity (Wildman–Crippen MR) is 96.9 cm³/mol. The molecule has 0 unspecified atom stereocenters. The number of benzene rings is 1. The monoisotopic (exact) mass is 360 g/mol. The van der Waals surface area contributed by atoms with Crippen molar-refractivity contribution in [3.63, 3.8) is 0 Å². The zero-order valence-electron chi connectivity index (χ0n) is 14.2. The quantitative estimate of drug-likeness (QED) is 0.876. The molecule has 3 rings (SSSR count). The van der Waals surface area contributed by atoms with Crippen molar-refractivity contribution in [2.75, 3.05) is 30.8 Å². The summed E-state index contributed by atoms with van der Waals surface area (Å²) in [5.41, 5.74) is 2.90. The number of anilines is 2. The Hall–Kier alpha value is -2.45. The van der Waals surface area contributed by atoms with Crippen LogP contribution in [0.4, 0.5) is 15.6 Å². The molecule has 132 valence electrons.